The van der Waals surface area contributed by atoms with E-state index in [1.165, 1.54) is 0 Å². The van der Waals surface area contributed by atoms with Crippen LogP contribution in [0.5, 0.6) is 5.75 Å². The Balaban J connectivity index is 1.52. The molecule has 0 radical (unpaired) electrons. The highest BCUT2D eigenvalue weighted by molar-refractivity contribution is 5.89. The van der Waals surface area contributed by atoms with E-state index in [4.69, 9.17) is 4.74 Å². The van der Waals surface area contributed by atoms with Crippen molar-refractivity contribution < 1.29 is 14.6 Å². The molecule has 1 aliphatic rings. The van der Waals surface area contributed by atoms with Crippen LogP contribution in [0.25, 0.3) is 0 Å². The number of anilines is 1. The summed E-state index contributed by atoms with van der Waals surface area (Å²) in [4.78, 5) is 12.1. The predicted octanol–water partition coefficient (Wildman–Crippen LogP) is 2.37. The van der Waals surface area contributed by atoms with Gasteiger partial charge in [-0.05, 0) is 30.5 Å². The Hall–Kier alpha value is -2.54. The standard InChI is InChI=1S/C18H24N4O3/c1-25-15-8-6-13(7-9-15)11-22-12-14(10-19-22)20-18(24)21-16-4-2-3-5-17(16)23/h6-10,12,16-17,23H,2-5,11H2,1H3,(H2,20,21,24)/t16-,17+/m0/s1. The number of aromatic nitrogens is 2. The van der Waals surface area contributed by atoms with E-state index in [0.717, 1.165) is 37.0 Å². The summed E-state index contributed by atoms with van der Waals surface area (Å²) in [5.41, 5.74) is 1.71. The lowest BCUT2D eigenvalue weighted by molar-refractivity contribution is 0.0955. The Morgan fingerprint density at radius 1 is 1.32 bits per heavy atom. The van der Waals surface area contributed by atoms with Crippen LogP contribution in [0.3, 0.4) is 0 Å². The van der Waals surface area contributed by atoms with Gasteiger partial charge in [-0.1, -0.05) is 25.0 Å². The molecule has 3 rings (SSSR count). The third kappa shape index (κ3) is 4.73. The van der Waals surface area contributed by atoms with Crippen molar-refractivity contribution >= 4 is 11.7 Å². The lowest BCUT2D eigenvalue weighted by Crippen LogP contribution is -2.46. The summed E-state index contributed by atoms with van der Waals surface area (Å²) in [7, 11) is 1.64. The maximum absolute atomic E-state index is 12.1. The molecule has 1 heterocycles. The first-order valence-corrected chi connectivity index (χ1v) is 8.55. The van der Waals surface area contributed by atoms with Crippen LogP contribution in [0.4, 0.5) is 10.5 Å². The number of carbonyl (C=O) groups is 1. The fourth-order valence-corrected chi connectivity index (χ4v) is 3.05. The maximum atomic E-state index is 12.1. The van der Waals surface area contributed by atoms with Gasteiger partial charge in [0, 0.05) is 6.20 Å². The molecule has 7 nitrogen and oxygen atoms in total. The number of hydrogen-bond donors (Lipinski definition) is 3. The lowest BCUT2D eigenvalue weighted by atomic mass is 9.93. The smallest absolute Gasteiger partial charge is 0.319 e. The highest BCUT2D eigenvalue weighted by Crippen LogP contribution is 2.18. The molecule has 0 unspecified atom stereocenters. The van der Waals surface area contributed by atoms with E-state index in [1.807, 2.05) is 24.3 Å². The van der Waals surface area contributed by atoms with Crippen LogP contribution in [0.1, 0.15) is 31.2 Å². The lowest BCUT2D eigenvalue weighted by Gasteiger charge is -2.28. The van der Waals surface area contributed by atoms with E-state index in [-0.39, 0.29) is 12.1 Å². The number of methoxy groups -OCH3 is 1. The Morgan fingerprint density at radius 3 is 2.80 bits per heavy atom. The fourth-order valence-electron chi connectivity index (χ4n) is 3.05. The number of aliphatic hydroxyl groups excluding tert-OH is 1. The number of hydrogen-bond acceptors (Lipinski definition) is 4. The molecule has 7 heteroatoms. The summed E-state index contributed by atoms with van der Waals surface area (Å²) in [6.07, 6.45) is 6.52. The number of rotatable bonds is 5. The SMILES string of the molecule is COc1ccc(Cn2cc(NC(=O)N[C@H]3CCCC[C@H]3O)cn2)cc1. The van der Waals surface area contributed by atoms with Gasteiger partial charge in [0.2, 0.25) is 0 Å². The van der Waals surface area contributed by atoms with Crippen molar-refractivity contribution in [1.82, 2.24) is 15.1 Å². The van der Waals surface area contributed by atoms with Crippen molar-refractivity contribution in [2.45, 2.75) is 44.4 Å². The fraction of sp³-hybridized carbons (Fsp3) is 0.444. The van der Waals surface area contributed by atoms with Gasteiger partial charge >= 0.3 is 6.03 Å². The van der Waals surface area contributed by atoms with Gasteiger partial charge in [-0.15, -0.1) is 0 Å². The van der Waals surface area contributed by atoms with Crippen molar-refractivity contribution in [1.29, 1.82) is 0 Å². The first kappa shape index (κ1) is 17.3. The van der Waals surface area contributed by atoms with E-state index in [0.29, 0.717) is 12.2 Å². The van der Waals surface area contributed by atoms with E-state index in [1.54, 1.807) is 24.2 Å². The highest BCUT2D eigenvalue weighted by atomic mass is 16.5. The Kier molecular flexibility index (Phi) is 5.55. The van der Waals surface area contributed by atoms with E-state index in [2.05, 4.69) is 15.7 Å². The number of aliphatic hydroxyl groups is 1. The van der Waals surface area contributed by atoms with E-state index >= 15 is 0 Å². The molecule has 1 saturated carbocycles. The molecule has 2 aromatic rings. The minimum atomic E-state index is -0.461. The van der Waals surface area contributed by atoms with Crippen LogP contribution in [0.15, 0.2) is 36.7 Å². The third-order valence-corrected chi connectivity index (χ3v) is 4.44. The number of benzene rings is 1. The minimum Gasteiger partial charge on any atom is -0.497 e. The molecule has 1 aromatic carbocycles. The van der Waals surface area contributed by atoms with Gasteiger partial charge in [0.05, 0.1) is 37.7 Å². The summed E-state index contributed by atoms with van der Waals surface area (Å²) >= 11 is 0. The summed E-state index contributed by atoms with van der Waals surface area (Å²) in [6, 6.07) is 7.27. The third-order valence-electron chi connectivity index (χ3n) is 4.44. The highest BCUT2D eigenvalue weighted by Gasteiger charge is 2.24. The maximum Gasteiger partial charge on any atom is 0.319 e. The zero-order valence-electron chi connectivity index (χ0n) is 14.3. The van der Waals surface area contributed by atoms with Crippen LogP contribution >= 0.6 is 0 Å². The van der Waals surface area contributed by atoms with Crippen molar-refractivity contribution in [2.24, 2.45) is 0 Å². The summed E-state index contributed by atoms with van der Waals surface area (Å²) in [6.45, 7) is 0.606. The van der Waals surface area contributed by atoms with Crippen molar-refractivity contribution in [3.05, 3.63) is 42.2 Å². The number of urea groups is 1. The van der Waals surface area contributed by atoms with E-state index in [9.17, 15) is 9.90 Å². The van der Waals surface area contributed by atoms with Gasteiger partial charge in [-0.3, -0.25) is 4.68 Å². The van der Waals surface area contributed by atoms with Gasteiger partial charge in [0.25, 0.3) is 0 Å². The van der Waals surface area contributed by atoms with Crippen molar-refractivity contribution in [3.63, 3.8) is 0 Å². The molecule has 2 amide bonds. The monoisotopic (exact) mass is 344 g/mol. The molecule has 25 heavy (non-hydrogen) atoms. The second kappa shape index (κ2) is 8.02. The molecule has 0 spiro atoms. The van der Waals surface area contributed by atoms with Gasteiger partial charge in [-0.2, -0.15) is 5.10 Å². The molecule has 0 aliphatic heterocycles. The summed E-state index contributed by atoms with van der Waals surface area (Å²) in [5.74, 6) is 0.813. The minimum absolute atomic E-state index is 0.178. The van der Waals surface area contributed by atoms with Crippen LogP contribution in [0, 0.1) is 0 Å². The molecular weight excluding hydrogens is 320 g/mol. The quantitative estimate of drug-likeness (QED) is 0.777. The van der Waals surface area contributed by atoms with Gasteiger partial charge in [-0.25, -0.2) is 4.79 Å². The number of nitrogens with one attached hydrogen (secondary N) is 2. The normalized spacial score (nSPS) is 20.1. The molecule has 134 valence electrons. The predicted molar refractivity (Wildman–Crippen MR) is 94.7 cm³/mol. The molecule has 1 aromatic heterocycles. The molecule has 0 saturated heterocycles. The summed E-state index contributed by atoms with van der Waals surface area (Å²) < 4.78 is 6.90. The van der Waals surface area contributed by atoms with Gasteiger partial charge in [0.15, 0.2) is 0 Å². The molecule has 0 bridgehead atoms. The van der Waals surface area contributed by atoms with Gasteiger partial charge in [0.1, 0.15) is 5.75 Å². The second-order valence-electron chi connectivity index (χ2n) is 6.33. The number of nitrogens with zero attached hydrogens (tertiary/aromatic N) is 2. The molecule has 2 atom stereocenters. The first-order valence-electron chi connectivity index (χ1n) is 8.55. The zero-order chi connectivity index (χ0) is 17.6. The Bertz CT molecular complexity index is 699. The number of carbonyl (C=O) groups excluding carboxylic acids is 1. The Morgan fingerprint density at radius 2 is 2.08 bits per heavy atom. The topological polar surface area (TPSA) is 88.4 Å². The van der Waals surface area contributed by atoms with Gasteiger partial charge < -0.3 is 20.5 Å². The molecule has 1 aliphatic carbocycles. The molecule has 1 fully saturated rings. The number of amides is 2. The molecular formula is C18H24N4O3. The average molecular weight is 344 g/mol. The van der Waals surface area contributed by atoms with Crippen LogP contribution < -0.4 is 15.4 Å². The summed E-state index contributed by atoms with van der Waals surface area (Å²) in [5, 5.41) is 19.8. The Labute approximate surface area is 147 Å². The van der Waals surface area contributed by atoms with Crippen molar-refractivity contribution in [2.75, 3.05) is 12.4 Å². The van der Waals surface area contributed by atoms with Crippen LogP contribution in [-0.2, 0) is 6.54 Å². The first-order chi connectivity index (χ1) is 12.1. The second-order valence-corrected chi connectivity index (χ2v) is 6.33. The zero-order valence-corrected chi connectivity index (χ0v) is 14.3. The van der Waals surface area contributed by atoms with Crippen molar-refractivity contribution in [3.8, 4) is 5.75 Å². The largest absolute Gasteiger partial charge is 0.497 e. The van der Waals surface area contributed by atoms with Crippen LogP contribution in [-0.4, -0.2) is 40.2 Å². The molecule has 3 N–H and O–H groups in total. The van der Waals surface area contributed by atoms with Crippen LogP contribution in [0.2, 0.25) is 0 Å². The average Bonchev–Trinajstić information content (AvgIpc) is 3.04. The number of ether oxygens (including phenoxy) is 1. The van der Waals surface area contributed by atoms with E-state index < -0.39 is 6.10 Å².